The van der Waals surface area contributed by atoms with Crippen LogP contribution in [-0.2, 0) is 6.54 Å². The van der Waals surface area contributed by atoms with Crippen LogP contribution in [0.25, 0.3) is 0 Å². The lowest BCUT2D eigenvalue weighted by Gasteiger charge is -2.11. The van der Waals surface area contributed by atoms with Crippen molar-refractivity contribution in [3.8, 4) is 5.75 Å². The highest BCUT2D eigenvalue weighted by molar-refractivity contribution is 5.89. The minimum absolute atomic E-state index is 0.228. The molecule has 0 aliphatic rings. The molecule has 0 atom stereocenters. The zero-order valence-electron chi connectivity index (χ0n) is 13.3. The van der Waals surface area contributed by atoms with E-state index in [0.717, 1.165) is 11.3 Å². The van der Waals surface area contributed by atoms with E-state index in [1.165, 1.54) is 11.1 Å². The first-order chi connectivity index (χ1) is 10.6. The molecule has 2 aromatic carbocycles. The highest BCUT2D eigenvalue weighted by Gasteiger charge is 2.04. The second-order valence-electron chi connectivity index (χ2n) is 5.20. The summed E-state index contributed by atoms with van der Waals surface area (Å²) in [6.45, 7) is 7.14. The first-order valence-corrected chi connectivity index (χ1v) is 7.42. The Balaban J connectivity index is 1.91. The van der Waals surface area contributed by atoms with Crippen LogP contribution in [0.1, 0.15) is 23.6 Å². The second kappa shape index (κ2) is 7.50. The lowest BCUT2D eigenvalue weighted by Crippen LogP contribution is -2.28. The summed E-state index contributed by atoms with van der Waals surface area (Å²) in [6.07, 6.45) is 0. The third kappa shape index (κ3) is 4.52. The number of aryl methyl sites for hydroxylation is 2. The molecule has 0 unspecified atom stereocenters. The van der Waals surface area contributed by atoms with Crippen LogP contribution >= 0.6 is 0 Å². The molecule has 0 heterocycles. The summed E-state index contributed by atoms with van der Waals surface area (Å²) >= 11 is 0. The fraction of sp³-hybridized carbons (Fsp3) is 0.278. The Morgan fingerprint density at radius 1 is 1.14 bits per heavy atom. The van der Waals surface area contributed by atoms with Gasteiger partial charge in [0.25, 0.3) is 0 Å². The summed E-state index contributed by atoms with van der Waals surface area (Å²) in [6, 6.07) is 13.3. The maximum atomic E-state index is 12.0. The molecule has 2 amide bonds. The molecule has 0 spiro atoms. The molecule has 0 saturated heterocycles. The molecule has 0 bridgehead atoms. The van der Waals surface area contributed by atoms with Gasteiger partial charge in [-0.25, -0.2) is 4.79 Å². The molecule has 22 heavy (non-hydrogen) atoms. The average Bonchev–Trinajstić information content (AvgIpc) is 2.47. The number of ether oxygens (including phenoxy) is 1. The van der Waals surface area contributed by atoms with Crippen molar-refractivity contribution in [3.63, 3.8) is 0 Å². The molecule has 2 N–H and O–H groups in total. The zero-order valence-corrected chi connectivity index (χ0v) is 13.3. The molecule has 2 rings (SSSR count). The monoisotopic (exact) mass is 298 g/mol. The van der Waals surface area contributed by atoms with Gasteiger partial charge in [-0.1, -0.05) is 29.8 Å². The van der Waals surface area contributed by atoms with Gasteiger partial charge in [-0.2, -0.15) is 0 Å². The van der Waals surface area contributed by atoms with Gasteiger partial charge in [0.1, 0.15) is 5.75 Å². The van der Waals surface area contributed by atoms with Crippen molar-refractivity contribution in [1.82, 2.24) is 5.32 Å². The minimum Gasteiger partial charge on any atom is -0.494 e. The van der Waals surface area contributed by atoms with Crippen LogP contribution in [0.3, 0.4) is 0 Å². The fourth-order valence-corrected chi connectivity index (χ4v) is 2.23. The third-order valence-corrected chi connectivity index (χ3v) is 3.34. The summed E-state index contributed by atoms with van der Waals surface area (Å²) in [5.41, 5.74) is 4.23. The molecule has 4 heteroatoms. The van der Waals surface area contributed by atoms with Crippen molar-refractivity contribution in [2.45, 2.75) is 27.3 Å². The molecule has 0 aliphatic heterocycles. The Morgan fingerprint density at radius 2 is 1.95 bits per heavy atom. The van der Waals surface area contributed by atoms with E-state index >= 15 is 0 Å². The predicted molar refractivity (Wildman–Crippen MR) is 89.4 cm³/mol. The van der Waals surface area contributed by atoms with E-state index in [-0.39, 0.29) is 6.03 Å². The summed E-state index contributed by atoms with van der Waals surface area (Å²) in [4.78, 5) is 12.0. The van der Waals surface area contributed by atoms with Gasteiger partial charge in [0.15, 0.2) is 0 Å². The van der Waals surface area contributed by atoms with Gasteiger partial charge in [-0.3, -0.25) is 0 Å². The quantitative estimate of drug-likeness (QED) is 0.875. The van der Waals surface area contributed by atoms with Gasteiger partial charge in [-0.05, 0) is 44.0 Å². The Hall–Kier alpha value is -2.49. The maximum absolute atomic E-state index is 12.0. The number of hydrogen-bond donors (Lipinski definition) is 2. The lowest BCUT2D eigenvalue weighted by molar-refractivity contribution is 0.251. The summed E-state index contributed by atoms with van der Waals surface area (Å²) in [5, 5.41) is 5.68. The van der Waals surface area contributed by atoms with Crippen LogP contribution in [0.2, 0.25) is 0 Å². The number of benzene rings is 2. The average molecular weight is 298 g/mol. The predicted octanol–water partition coefficient (Wildman–Crippen LogP) is 4.02. The molecule has 0 aliphatic carbocycles. The standard InChI is InChI=1S/C18H22N2O2/c1-4-22-17-7-5-6-16(11-17)20-18(21)19-12-15-9-8-13(2)10-14(15)3/h5-11H,4,12H2,1-3H3,(H2,19,20,21). The largest absolute Gasteiger partial charge is 0.494 e. The van der Waals surface area contributed by atoms with Crippen molar-refractivity contribution in [2.24, 2.45) is 0 Å². The van der Waals surface area contributed by atoms with Crippen molar-refractivity contribution >= 4 is 11.7 Å². The molecular weight excluding hydrogens is 276 g/mol. The van der Waals surface area contributed by atoms with Gasteiger partial charge in [-0.15, -0.1) is 0 Å². The van der Waals surface area contributed by atoms with Crippen LogP contribution in [0, 0.1) is 13.8 Å². The van der Waals surface area contributed by atoms with Crippen molar-refractivity contribution < 1.29 is 9.53 Å². The van der Waals surface area contributed by atoms with Crippen LogP contribution in [0.15, 0.2) is 42.5 Å². The Bertz CT molecular complexity index is 653. The molecule has 0 aromatic heterocycles. The molecule has 4 nitrogen and oxygen atoms in total. The maximum Gasteiger partial charge on any atom is 0.319 e. The van der Waals surface area contributed by atoms with E-state index in [9.17, 15) is 4.79 Å². The summed E-state index contributed by atoms with van der Waals surface area (Å²) in [7, 11) is 0. The molecule has 0 saturated carbocycles. The number of urea groups is 1. The van der Waals surface area contributed by atoms with E-state index in [2.05, 4.69) is 23.6 Å². The Labute approximate surface area is 131 Å². The van der Waals surface area contributed by atoms with Gasteiger partial charge in [0.2, 0.25) is 0 Å². The lowest BCUT2D eigenvalue weighted by atomic mass is 10.1. The molecule has 0 radical (unpaired) electrons. The highest BCUT2D eigenvalue weighted by atomic mass is 16.5. The van der Waals surface area contributed by atoms with Gasteiger partial charge in [0, 0.05) is 18.3 Å². The topological polar surface area (TPSA) is 50.4 Å². The van der Waals surface area contributed by atoms with Gasteiger partial charge in [0.05, 0.1) is 6.61 Å². The summed E-state index contributed by atoms with van der Waals surface area (Å²) in [5.74, 6) is 0.745. The van der Waals surface area contributed by atoms with E-state index in [1.54, 1.807) is 6.07 Å². The number of rotatable bonds is 5. The molecular formula is C18H22N2O2. The first-order valence-electron chi connectivity index (χ1n) is 7.42. The summed E-state index contributed by atoms with van der Waals surface area (Å²) < 4.78 is 5.41. The number of amides is 2. The van der Waals surface area contributed by atoms with Crippen LogP contribution in [0.4, 0.5) is 10.5 Å². The normalized spacial score (nSPS) is 10.1. The molecule has 116 valence electrons. The van der Waals surface area contributed by atoms with Gasteiger partial charge < -0.3 is 15.4 Å². The fourth-order valence-electron chi connectivity index (χ4n) is 2.23. The molecule has 2 aromatic rings. The first kappa shape index (κ1) is 15.9. The minimum atomic E-state index is -0.228. The van der Waals surface area contributed by atoms with E-state index in [4.69, 9.17) is 4.74 Å². The van der Waals surface area contributed by atoms with Crippen molar-refractivity contribution in [1.29, 1.82) is 0 Å². The number of carbonyl (C=O) groups excluding carboxylic acids is 1. The van der Waals surface area contributed by atoms with E-state index < -0.39 is 0 Å². The SMILES string of the molecule is CCOc1cccc(NC(=O)NCc2ccc(C)cc2C)c1. The van der Waals surface area contributed by atoms with Crippen molar-refractivity contribution in [2.75, 3.05) is 11.9 Å². The third-order valence-electron chi connectivity index (χ3n) is 3.34. The number of anilines is 1. The van der Waals surface area contributed by atoms with Crippen molar-refractivity contribution in [3.05, 3.63) is 59.2 Å². The van der Waals surface area contributed by atoms with E-state index in [0.29, 0.717) is 18.8 Å². The number of nitrogens with one attached hydrogen (secondary N) is 2. The van der Waals surface area contributed by atoms with Crippen LogP contribution < -0.4 is 15.4 Å². The smallest absolute Gasteiger partial charge is 0.319 e. The Morgan fingerprint density at radius 3 is 2.68 bits per heavy atom. The molecule has 0 fully saturated rings. The van der Waals surface area contributed by atoms with Gasteiger partial charge >= 0.3 is 6.03 Å². The van der Waals surface area contributed by atoms with Crippen LogP contribution in [-0.4, -0.2) is 12.6 Å². The second-order valence-corrected chi connectivity index (χ2v) is 5.20. The van der Waals surface area contributed by atoms with E-state index in [1.807, 2.05) is 44.2 Å². The zero-order chi connectivity index (χ0) is 15.9. The number of carbonyl (C=O) groups is 1. The van der Waals surface area contributed by atoms with Crippen LogP contribution in [0.5, 0.6) is 5.75 Å². The highest BCUT2D eigenvalue weighted by Crippen LogP contribution is 2.17. The Kier molecular flexibility index (Phi) is 5.42. The number of hydrogen-bond acceptors (Lipinski definition) is 2.